The molecule has 0 aliphatic heterocycles. The fourth-order valence-corrected chi connectivity index (χ4v) is 2.71. The van der Waals surface area contributed by atoms with Crippen LogP contribution in [0.4, 0.5) is 0 Å². The summed E-state index contributed by atoms with van der Waals surface area (Å²) >= 11 is 0. The molecular weight excluding hydrogens is 344 g/mol. The summed E-state index contributed by atoms with van der Waals surface area (Å²) in [4.78, 5) is 47.0. The molecule has 1 aliphatic rings. The molecule has 0 radical (unpaired) electrons. The van der Waals surface area contributed by atoms with E-state index in [9.17, 15) is 29.4 Å². The smallest absolute Gasteiger partial charge is 0.337 e. The van der Waals surface area contributed by atoms with Gasteiger partial charge in [-0.05, 0) is 23.3 Å². The van der Waals surface area contributed by atoms with E-state index in [1.165, 1.54) is 31.4 Å². The minimum absolute atomic E-state index is 0.252. The number of carboxylic acids is 2. The van der Waals surface area contributed by atoms with Gasteiger partial charge in [-0.3, -0.25) is 14.4 Å². The quantitative estimate of drug-likeness (QED) is 0.595. The summed E-state index contributed by atoms with van der Waals surface area (Å²) in [6.45, 7) is 0. The Morgan fingerprint density at radius 2 is 1.69 bits per heavy atom. The van der Waals surface area contributed by atoms with Crippen LogP contribution in [-0.4, -0.2) is 48.3 Å². The first kappa shape index (κ1) is 18.9. The van der Waals surface area contributed by atoms with E-state index < -0.39 is 35.2 Å². The van der Waals surface area contributed by atoms with Gasteiger partial charge in [0.15, 0.2) is 5.41 Å². The number of aliphatic carboxylic acids is 2. The first-order valence-electron chi connectivity index (χ1n) is 7.42. The van der Waals surface area contributed by atoms with Crippen molar-refractivity contribution in [1.29, 1.82) is 0 Å². The highest BCUT2D eigenvalue weighted by atomic mass is 16.5. The van der Waals surface area contributed by atoms with Gasteiger partial charge in [-0.2, -0.15) is 0 Å². The molecule has 0 saturated heterocycles. The van der Waals surface area contributed by atoms with E-state index >= 15 is 0 Å². The van der Waals surface area contributed by atoms with E-state index in [2.05, 4.69) is 9.47 Å². The van der Waals surface area contributed by atoms with Crippen LogP contribution >= 0.6 is 0 Å². The summed E-state index contributed by atoms with van der Waals surface area (Å²) in [5.41, 5.74) is -1.36. The van der Waals surface area contributed by atoms with E-state index in [-0.39, 0.29) is 5.56 Å². The summed E-state index contributed by atoms with van der Waals surface area (Å²) in [6, 6.07) is 6.23. The van der Waals surface area contributed by atoms with Crippen LogP contribution in [0.15, 0.2) is 42.5 Å². The van der Waals surface area contributed by atoms with Crippen molar-refractivity contribution in [2.75, 3.05) is 14.2 Å². The second-order valence-electron chi connectivity index (χ2n) is 5.51. The highest BCUT2D eigenvalue weighted by Gasteiger charge is 2.55. The molecule has 0 fully saturated rings. The Balaban J connectivity index is 2.57. The summed E-state index contributed by atoms with van der Waals surface area (Å²) in [5.74, 6) is -6.52. The molecule has 0 spiro atoms. The Labute approximate surface area is 148 Å². The lowest BCUT2D eigenvalue weighted by atomic mass is 9.70. The number of hydrogen-bond acceptors (Lipinski definition) is 6. The van der Waals surface area contributed by atoms with Gasteiger partial charge in [0.2, 0.25) is 0 Å². The monoisotopic (exact) mass is 360 g/mol. The summed E-state index contributed by atoms with van der Waals surface area (Å²) in [5, 5.41) is 18.9. The van der Waals surface area contributed by atoms with Gasteiger partial charge in [0.1, 0.15) is 5.92 Å². The van der Waals surface area contributed by atoms with Crippen molar-refractivity contribution in [2.45, 2.75) is 0 Å². The van der Waals surface area contributed by atoms with Crippen LogP contribution < -0.4 is 0 Å². The van der Waals surface area contributed by atoms with Crippen LogP contribution in [0.25, 0.3) is 5.57 Å². The van der Waals surface area contributed by atoms with Crippen LogP contribution in [0.3, 0.4) is 0 Å². The van der Waals surface area contributed by atoms with Crippen molar-refractivity contribution in [3.63, 3.8) is 0 Å². The Hall–Kier alpha value is -3.42. The Bertz CT molecular complexity index is 819. The Morgan fingerprint density at radius 3 is 2.23 bits per heavy atom. The average Bonchev–Trinajstić information content (AvgIpc) is 2.65. The molecule has 1 aromatic rings. The molecule has 26 heavy (non-hydrogen) atoms. The molecule has 1 atom stereocenters. The molecular formula is C18H16O8. The number of allylic oxidation sites excluding steroid dienone is 2. The molecule has 8 nitrogen and oxygen atoms in total. The number of esters is 2. The van der Waals surface area contributed by atoms with Crippen LogP contribution in [0, 0.1) is 11.3 Å². The van der Waals surface area contributed by atoms with Crippen molar-refractivity contribution >= 4 is 29.5 Å². The number of carbonyl (C=O) groups is 4. The molecule has 0 amide bonds. The molecule has 8 heteroatoms. The molecule has 1 aromatic carbocycles. The topological polar surface area (TPSA) is 127 Å². The van der Waals surface area contributed by atoms with E-state index in [1.54, 1.807) is 12.1 Å². The van der Waals surface area contributed by atoms with Gasteiger partial charge in [0.25, 0.3) is 0 Å². The predicted octanol–water partition coefficient (Wildman–Crippen LogP) is 1.37. The predicted molar refractivity (Wildman–Crippen MR) is 88.1 cm³/mol. The average molecular weight is 360 g/mol. The first-order chi connectivity index (χ1) is 12.3. The van der Waals surface area contributed by atoms with Crippen LogP contribution in [0.5, 0.6) is 0 Å². The van der Waals surface area contributed by atoms with E-state index in [0.717, 1.165) is 13.2 Å². The lowest BCUT2D eigenvalue weighted by molar-refractivity contribution is -0.170. The van der Waals surface area contributed by atoms with Crippen molar-refractivity contribution in [1.82, 2.24) is 0 Å². The van der Waals surface area contributed by atoms with Gasteiger partial charge in [-0.25, -0.2) is 4.79 Å². The summed E-state index contributed by atoms with van der Waals surface area (Å²) < 4.78 is 9.24. The number of carboxylic acid groups (broad SMARTS) is 2. The largest absolute Gasteiger partial charge is 0.480 e. The lowest BCUT2D eigenvalue weighted by Crippen LogP contribution is -2.48. The van der Waals surface area contributed by atoms with Gasteiger partial charge in [-0.15, -0.1) is 0 Å². The zero-order valence-electron chi connectivity index (χ0n) is 14.0. The van der Waals surface area contributed by atoms with Gasteiger partial charge < -0.3 is 19.7 Å². The zero-order chi connectivity index (χ0) is 19.5. The standard InChI is InChI=1S/C18H16O8/c1-25-14(19)12-5-3-4-10(8-12)11-6-7-18(16(21)22,17(23)24)13(9-11)15(20)26-2/h3-9,13H,1-2H3,(H,21,22)(H,23,24). The maximum absolute atomic E-state index is 12.1. The summed E-state index contributed by atoms with van der Waals surface area (Å²) in [7, 11) is 2.27. The molecule has 0 bridgehead atoms. The molecule has 136 valence electrons. The lowest BCUT2D eigenvalue weighted by Gasteiger charge is -2.30. The normalized spacial score (nSPS) is 17.8. The van der Waals surface area contributed by atoms with Gasteiger partial charge in [-0.1, -0.05) is 30.4 Å². The fraction of sp³-hybridized carbons (Fsp3) is 0.222. The second kappa shape index (κ2) is 7.22. The molecule has 0 heterocycles. The number of methoxy groups -OCH3 is 2. The third-order valence-electron chi connectivity index (χ3n) is 4.14. The van der Waals surface area contributed by atoms with Gasteiger partial charge in [0, 0.05) is 0 Å². The number of rotatable bonds is 5. The number of hydrogen-bond donors (Lipinski definition) is 2. The zero-order valence-corrected chi connectivity index (χ0v) is 14.0. The highest BCUT2D eigenvalue weighted by molar-refractivity contribution is 6.07. The molecule has 1 unspecified atom stereocenters. The Morgan fingerprint density at radius 1 is 1.04 bits per heavy atom. The molecule has 2 rings (SSSR count). The minimum Gasteiger partial charge on any atom is -0.480 e. The van der Waals surface area contributed by atoms with Gasteiger partial charge >= 0.3 is 23.9 Å². The van der Waals surface area contributed by atoms with Crippen LogP contribution in [0.2, 0.25) is 0 Å². The number of benzene rings is 1. The van der Waals surface area contributed by atoms with Crippen LogP contribution in [0.1, 0.15) is 15.9 Å². The molecule has 0 saturated carbocycles. The summed E-state index contributed by atoms with van der Waals surface area (Å²) in [6.07, 6.45) is 3.45. The maximum atomic E-state index is 12.1. The maximum Gasteiger partial charge on any atom is 0.337 e. The van der Waals surface area contributed by atoms with Crippen molar-refractivity contribution in [3.8, 4) is 0 Å². The van der Waals surface area contributed by atoms with E-state index in [0.29, 0.717) is 11.1 Å². The number of carbonyl (C=O) groups excluding carboxylic acids is 2. The molecule has 1 aliphatic carbocycles. The molecule has 0 aromatic heterocycles. The van der Waals surface area contributed by atoms with Crippen LogP contribution in [-0.2, 0) is 23.9 Å². The van der Waals surface area contributed by atoms with Gasteiger partial charge in [0.05, 0.1) is 19.8 Å². The van der Waals surface area contributed by atoms with Crippen molar-refractivity contribution in [2.24, 2.45) is 11.3 Å². The van der Waals surface area contributed by atoms with E-state index in [1.807, 2.05) is 0 Å². The molecule has 2 N–H and O–H groups in total. The SMILES string of the molecule is COC(=O)c1cccc(C2=CC(C(=O)OC)C(C(=O)O)(C(=O)O)C=C2)c1. The van der Waals surface area contributed by atoms with E-state index in [4.69, 9.17) is 0 Å². The van der Waals surface area contributed by atoms with Crippen molar-refractivity contribution in [3.05, 3.63) is 53.6 Å². The third kappa shape index (κ3) is 3.08. The highest BCUT2D eigenvalue weighted by Crippen LogP contribution is 2.39. The number of ether oxygens (including phenoxy) is 2. The van der Waals surface area contributed by atoms with Crippen molar-refractivity contribution < 1.29 is 38.9 Å². The Kier molecular flexibility index (Phi) is 5.25. The second-order valence-corrected chi connectivity index (χ2v) is 5.51. The minimum atomic E-state index is -2.48. The third-order valence-corrected chi connectivity index (χ3v) is 4.14. The first-order valence-corrected chi connectivity index (χ1v) is 7.42. The fourth-order valence-electron chi connectivity index (χ4n) is 2.71.